The number of carbonyl (C=O) groups excluding carboxylic acids is 1. The molecule has 0 aromatic heterocycles. The van der Waals surface area contributed by atoms with Crippen molar-refractivity contribution in [3.8, 4) is 5.75 Å². The first-order valence-electron chi connectivity index (χ1n) is 5.06. The minimum atomic E-state index is 0.114. The molecular weight excluding hydrogens is 190 g/mol. The fourth-order valence-corrected chi connectivity index (χ4v) is 2.02. The lowest BCUT2D eigenvalue weighted by atomic mass is 9.88. The van der Waals surface area contributed by atoms with Crippen molar-refractivity contribution in [2.45, 2.75) is 25.3 Å². The van der Waals surface area contributed by atoms with Gasteiger partial charge in [-0.1, -0.05) is 6.07 Å². The fourth-order valence-electron chi connectivity index (χ4n) is 2.02. The van der Waals surface area contributed by atoms with Crippen molar-refractivity contribution >= 4 is 6.08 Å². The Morgan fingerprint density at radius 3 is 3.07 bits per heavy atom. The molecule has 3 nitrogen and oxygen atoms in total. The Hall–Kier alpha value is -1.60. The molecule has 1 unspecified atom stereocenters. The molecule has 1 aliphatic carbocycles. The lowest BCUT2D eigenvalue weighted by Gasteiger charge is -2.20. The van der Waals surface area contributed by atoms with Gasteiger partial charge in [0.1, 0.15) is 5.75 Å². The van der Waals surface area contributed by atoms with Gasteiger partial charge in [-0.05, 0) is 42.5 Å². The molecule has 1 aliphatic rings. The summed E-state index contributed by atoms with van der Waals surface area (Å²) in [6, 6.07) is 6.19. The quantitative estimate of drug-likeness (QED) is 0.544. The van der Waals surface area contributed by atoms with Gasteiger partial charge in [0.25, 0.3) is 0 Å². The predicted octanol–water partition coefficient (Wildman–Crippen LogP) is 1.89. The molecule has 0 saturated heterocycles. The summed E-state index contributed by atoms with van der Waals surface area (Å²) in [7, 11) is 1.67. The predicted molar refractivity (Wildman–Crippen MR) is 56.9 cm³/mol. The maximum atomic E-state index is 10.2. The van der Waals surface area contributed by atoms with Crippen LogP contribution in [0.15, 0.2) is 23.2 Å². The number of hydrogen-bond donors (Lipinski definition) is 0. The maximum Gasteiger partial charge on any atom is 0.235 e. The number of isocyanates is 1. The van der Waals surface area contributed by atoms with E-state index in [-0.39, 0.29) is 6.04 Å². The lowest BCUT2D eigenvalue weighted by molar-refractivity contribution is 0.413. The summed E-state index contributed by atoms with van der Waals surface area (Å²) in [6.45, 7) is 0. The number of aryl methyl sites for hydroxylation is 1. The SMILES string of the molecule is COc1ccc2c(c1)CCC(N=C=O)C2. The van der Waals surface area contributed by atoms with E-state index in [9.17, 15) is 4.79 Å². The van der Waals surface area contributed by atoms with Crippen LogP contribution >= 0.6 is 0 Å². The molecule has 0 N–H and O–H groups in total. The Morgan fingerprint density at radius 2 is 2.33 bits per heavy atom. The summed E-state index contributed by atoms with van der Waals surface area (Å²) in [5.41, 5.74) is 2.58. The number of methoxy groups -OCH3 is 1. The smallest absolute Gasteiger partial charge is 0.235 e. The third-order valence-electron chi connectivity index (χ3n) is 2.85. The van der Waals surface area contributed by atoms with Gasteiger partial charge in [0, 0.05) is 0 Å². The van der Waals surface area contributed by atoms with Gasteiger partial charge in [-0.2, -0.15) is 0 Å². The van der Waals surface area contributed by atoms with E-state index in [1.165, 1.54) is 11.1 Å². The maximum absolute atomic E-state index is 10.2. The van der Waals surface area contributed by atoms with Crippen LogP contribution < -0.4 is 4.74 Å². The molecule has 0 saturated carbocycles. The van der Waals surface area contributed by atoms with Crippen LogP contribution in [0.25, 0.3) is 0 Å². The minimum Gasteiger partial charge on any atom is -0.497 e. The molecule has 0 spiro atoms. The van der Waals surface area contributed by atoms with E-state index in [1.54, 1.807) is 13.2 Å². The van der Waals surface area contributed by atoms with Gasteiger partial charge in [-0.25, -0.2) is 9.79 Å². The summed E-state index contributed by atoms with van der Waals surface area (Å²) >= 11 is 0. The average Bonchev–Trinajstić information content (AvgIpc) is 2.29. The molecule has 0 heterocycles. The molecule has 0 aliphatic heterocycles. The van der Waals surface area contributed by atoms with Crippen LogP contribution in [0, 0.1) is 0 Å². The second-order valence-corrected chi connectivity index (χ2v) is 3.75. The molecule has 1 aromatic rings. The molecule has 1 aromatic carbocycles. The Labute approximate surface area is 88.8 Å². The summed E-state index contributed by atoms with van der Waals surface area (Å²) < 4.78 is 5.17. The van der Waals surface area contributed by atoms with E-state index in [2.05, 4.69) is 17.1 Å². The highest BCUT2D eigenvalue weighted by Crippen LogP contribution is 2.26. The molecule has 0 fully saturated rings. The van der Waals surface area contributed by atoms with Crippen molar-refractivity contribution < 1.29 is 9.53 Å². The number of benzene rings is 1. The van der Waals surface area contributed by atoms with E-state index in [4.69, 9.17) is 4.74 Å². The van der Waals surface area contributed by atoms with Crippen molar-refractivity contribution in [3.63, 3.8) is 0 Å². The Bertz CT molecular complexity index is 408. The summed E-state index contributed by atoms with van der Waals surface area (Å²) in [4.78, 5) is 14.0. The van der Waals surface area contributed by atoms with Gasteiger partial charge in [-0.3, -0.25) is 0 Å². The molecular formula is C12H13NO2. The topological polar surface area (TPSA) is 38.7 Å². The Morgan fingerprint density at radius 1 is 1.47 bits per heavy atom. The number of aliphatic imine (C=N–C) groups is 1. The van der Waals surface area contributed by atoms with Crippen LogP contribution in [-0.2, 0) is 17.6 Å². The summed E-state index contributed by atoms with van der Waals surface area (Å²) in [6.07, 6.45) is 4.37. The standard InChI is InChI=1S/C12H13NO2/c1-15-12-5-3-9-6-11(13-8-14)4-2-10(9)7-12/h3,5,7,11H,2,4,6H2,1H3. The van der Waals surface area contributed by atoms with Crippen LogP contribution in [0.1, 0.15) is 17.5 Å². The molecule has 2 rings (SSSR count). The number of ether oxygens (including phenoxy) is 1. The van der Waals surface area contributed by atoms with Crippen LogP contribution in [0.2, 0.25) is 0 Å². The van der Waals surface area contributed by atoms with Crippen molar-refractivity contribution in [1.29, 1.82) is 0 Å². The van der Waals surface area contributed by atoms with Crippen LogP contribution in [0.5, 0.6) is 5.75 Å². The highest BCUT2D eigenvalue weighted by atomic mass is 16.5. The third kappa shape index (κ3) is 2.08. The lowest BCUT2D eigenvalue weighted by Crippen LogP contribution is -2.17. The van der Waals surface area contributed by atoms with Gasteiger partial charge in [0.15, 0.2) is 0 Å². The Balaban J connectivity index is 2.24. The van der Waals surface area contributed by atoms with Gasteiger partial charge < -0.3 is 4.74 Å². The molecule has 1 atom stereocenters. The molecule has 78 valence electrons. The van der Waals surface area contributed by atoms with Crippen LogP contribution in [-0.4, -0.2) is 19.2 Å². The number of hydrogen-bond acceptors (Lipinski definition) is 3. The highest BCUT2D eigenvalue weighted by Gasteiger charge is 2.18. The second kappa shape index (κ2) is 4.28. The fraction of sp³-hybridized carbons (Fsp3) is 0.417. The van der Waals surface area contributed by atoms with Gasteiger partial charge in [0.05, 0.1) is 13.2 Å². The second-order valence-electron chi connectivity index (χ2n) is 3.75. The van der Waals surface area contributed by atoms with Gasteiger partial charge in [-0.15, -0.1) is 0 Å². The average molecular weight is 203 g/mol. The van der Waals surface area contributed by atoms with E-state index in [0.29, 0.717) is 0 Å². The van der Waals surface area contributed by atoms with E-state index < -0.39 is 0 Å². The number of nitrogens with zero attached hydrogens (tertiary/aromatic N) is 1. The number of rotatable bonds is 2. The zero-order valence-corrected chi connectivity index (χ0v) is 8.69. The van der Waals surface area contributed by atoms with Gasteiger partial charge in [0.2, 0.25) is 6.08 Å². The molecule has 15 heavy (non-hydrogen) atoms. The van der Waals surface area contributed by atoms with Crippen molar-refractivity contribution in [2.24, 2.45) is 4.99 Å². The minimum absolute atomic E-state index is 0.114. The first-order valence-corrected chi connectivity index (χ1v) is 5.06. The van der Waals surface area contributed by atoms with E-state index in [1.807, 2.05) is 6.07 Å². The largest absolute Gasteiger partial charge is 0.497 e. The van der Waals surface area contributed by atoms with Crippen LogP contribution in [0.3, 0.4) is 0 Å². The zero-order chi connectivity index (χ0) is 10.7. The molecule has 0 amide bonds. The first-order chi connectivity index (χ1) is 7.33. The van der Waals surface area contributed by atoms with Gasteiger partial charge >= 0.3 is 0 Å². The highest BCUT2D eigenvalue weighted by molar-refractivity contribution is 5.39. The third-order valence-corrected chi connectivity index (χ3v) is 2.85. The van der Waals surface area contributed by atoms with Crippen molar-refractivity contribution in [2.75, 3.05) is 7.11 Å². The van der Waals surface area contributed by atoms with E-state index in [0.717, 1.165) is 25.0 Å². The number of fused-ring (bicyclic) bond motifs is 1. The molecule has 0 radical (unpaired) electrons. The summed E-state index contributed by atoms with van der Waals surface area (Å²) in [5.74, 6) is 0.895. The van der Waals surface area contributed by atoms with E-state index >= 15 is 0 Å². The van der Waals surface area contributed by atoms with Crippen LogP contribution in [0.4, 0.5) is 0 Å². The monoisotopic (exact) mass is 203 g/mol. The van der Waals surface area contributed by atoms with Crippen molar-refractivity contribution in [3.05, 3.63) is 29.3 Å². The summed E-state index contributed by atoms with van der Waals surface area (Å²) in [5, 5.41) is 0. The zero-order valence-electron chi connectivity index (χ0n) is 8.69. The molecule has 3 heteroatoms. The normalized spacial score (nSPS) is 18.9. The Kier molecular flexibility index (Phi) is 2.84. The van der Waals surface area contributed by atoms with Crippen molar-refractivity contribution in [1.82, 2.24) is 0 Å². The first kappa shape index (κ1) is 9.94. The molecule has 0 bridgehead atoms.